The lowest BCUT2D eigenvalue weighted by Gasteiger charge is -2.20. The average Bonchev–Trinajstić information content (AvgIpc) is 3.53. The van der Waals surface area contributed by atoms with Gasteiger partial charge in [-0.2, -0.15) is 0 Å². The van der Waals surface area contributed by atoms with E-state index in [0.29, 0.717) is 36.7 Å². The second-order valence-corrected chi connectivity index (χ2v) is 8.48. The summed E-state index contributed by atoms with van der Waals surface area (Å²) in [5, 5.41) is 2.68. The Morgan fingerprint density at radius 1 is 1.06 bits per heavy atom. The van der Waals surface area contributed by atoms with Gasteiger partial charge in [-0.25, -0.2) is 4.79 Å². The Hall–Kier alpha value is -3.62. The van der Waals surface area contributed by atoms with Crippen molar-refractivity contribution in [2.24, 2.45) is 5.92 Å². The molecule has 1 aliphatic rings. The fraction of sp³-hybridized carbons (Fsp3) is 0.440. The van der Waals surface area contributed by atoms with E-state index in [4.69, 9.17) is 9.47 Å². The molecule has 2 heterocycles. The fourth-order valence-corrected chi connectivity index (χ4v) is 3.67. The summed E-state index contributed by atoms with van der Waals surface area (Å²) < 4.78 is 10.6. The van der Waals surface area contributed by atoms with Crippen LogP contribution in [0.15, 0.2) is 36.5 Å². The molecule has 9 heteroatoms. The van der Waals surface area contributed by atoms with E-state index in [1.54, 1.807) is 43.0 Å². The lowest BCUT2D eigenvalue weighted by atomic mass is 10.0. The third kappa shape index (κ3) is 6.24. The highest BCUT2D eigenvalue weighted by Gasteiger charge is 2.27. The van der Waals surface area contributed by atoms with E-state index in [9.17, 15) is 19.2 Å². The maximum Gasteiger partial charge on any atom is 0.329 e. The third-order valence-corrected chi connectivity index (χ3v) is 5.61. The van der Waals surface area contributed by atoms with Crippen LogP contribution >= 0.6 is 0 Å². The number of likely N-dealkylation sites (tertiary alicyclic amines) is 1. The smallest absolute Gasteiger partial charge is 0.329 e. The molecular formula is C25H31N3O6. The number of aromatic amines is 1. The molecule has 2 amide bonds. The Kier molecular flexibility index (Phi) is 8.45. The van der Waals surface area contributed by atoms with Crippen molar-refractivity contribution in [1.29, 1.82) is 0 Å². The zero-order valence-corrected chi connectivity index (χ0v) is 19.8. The summed E-state index contributed by atoms with van der Waals surface area (Å²) in [7, 11) is 0. The second-order valence-electron chi connectivity index (χ2n) is 8.48. The van der Waals surface area contributed by atoms with E-state index in [-0.39, 0.29) is 17.4 Å². The van der Waals surface area contributed by atoms with Crippen molar-refractivity contribution in [3.63, 3.8) is 0 Å². The van der Waals surface area contributed by atoms with Gasteiger partial charge < -0.3 is 24.7 Å². The standard InChI is InChI=1S/C25H31N3O6/c1-4-33-19-9-7-17(8-10-19)23(30)27-22(16(2)3)25(32)34-15-21(29)18-13-20(26-14-18)24(31)28-11-5-6-12-28/h7-10,13-14,16,22,26H,4-6,11-12,15H2,1-3H3,(H,27,30)/t22-/m0/s1. The first-order valence-electron chi connectivity index (χ1n) is 11.5. The van der Waals surface area contributed by atoms with Gasteiger partial charge in [-0.15, -0.1) is 0 Å². The lowest BCUT2D eigenvalue weighted by Crippen LogP contribution is -2.45. The van der Waals surface area contributed by atoms with Gasteiger partial charge in [-0.3, -0.25) is 14.4 Å². The van der Waals surface area contributed by atoms with Gasteiger partial charge in [0.25, 0.3) is 11.8 Å². The Morgan fingerprint density at radius 3 is 2.35 bits per heavy atom. The normalized spacial score (nSPS) is 14.1. The molecule has 1 fully saturated rings. The van der Waals surface area contributed by atoms with Crippen LogP contribution in [0.2, 0.25) is 0 Å². The van der Waals surface area contributed by atoms with E-state index in [1.807, 2.05) is 6.92 Å². The fourth-order valence-electron chi connectivity index (χ4n) is 3.67. The van der Waals surface area contributed by atoms with Gasteiger partial charge in [0.15, 0.2) is 6.61 Å². The SMILES string of the molecule is CCOc1ccc(C(=O)N[C@H](C(=O)OCC(=O)c2c[nH]c(C(=O)N3CCCC3)c2)C(C)C)cc1. The Bertz CT molecular complexity index is 1020. The molecule has 1 aromatic carbocycles. The monoisotopic (exact) mass is 469 g/mol. The number of hydrogen-bond acceptors (Lipinski definition) is 6. The molecule has 9 nitrogen and oxygen atoms in total. The van der Waals surface area contributed by atoms with Crippen molar-refractivity contribution in [1.82, 2.24) is 15.2 Å². The summed E-state index contributed by atoms with van der Waals surface area (Å²) in [6.45, 7) is 6.85. The van der Waals surface area contributed by atoms with Crippen molar-refractivity contribution < 1.29 is 28.7 Å². The van der Waals surface area contributed by atoms with Gasteiger partial charge in [0.2, 0.25) is 5.78 Å². The van der Waals surface area contributed by atoms with E-state index in [2.05, 4.69) is 10.3 Å². The number of ketones is 1. The van der Waals surface area contributed by atoms with Crippen LogP contribution in [0, 0.1) is 5.92 Å². The molecule has 3 rings (SSSR count). The number of carbonyl (C=O) groups excluding carboxylic acids is 4. The number of hydrogen-bond donors (Lipinski definition) is 2. The number of Topliss-reactive ketones (excluding diaryl/α,β-unsaturated/α-hetero) is 1. The van der Waals surface area contributed by atoms with Gasteiger partial charge in [0, 0.05) is 30.4 Å². The van der Waals surface area contributed by atoms with Crippen molar-refractivity contribution in [3.8, 4) is 5.75 Å². The van der Waals surface area contributed by atoms with Crippen LogP contribution in [0.1, 0.15) is 64.8 Å². The number of nitrogens with zero attached hydrogens (tertiary/aromatic N) is 1. The molecule has 34 heavy (non-hydrogen) atoms. The predicted molar refractivity (Wildman–Crippen MR) is 125 cm³/mol. The molecular weight excluding hydrogens is 438 g/mol. The molecule has 1 aromatic heterocycles. The number of esters is 1. The van der Waals surface area contributed by atoms with Crippen LogP contribution in [0.3, 0.4) is 0 Å². The van der Waals surface area contributed by atoms with Crippen LogP contribution < -0.4 is 10.1 Å². The van der Waals surface area contributed by atoms with E-state index in [0.717, 1.165) is 12.8 Å². The van der Waals surface area contributed by atoms with Crippen molar-refractivity contribution in [3.05, 3.63) is 53.3 Å². The first-order valence-corrected chi connectivity index (χ1v) is 11.5. The number of H-pyrrole nitrogens is 1. The molecule has 0 saturated carbocycles. The second kappa shape index (κ2) is 11.5. The summed E-state index contributed by atoms with van der Waals surface area (Å²) in [6.07, 6.45) is 3.38. The van der Waals surface area contributed by atoms with E-state index in [1.165, 1.54) is 12.3 Å². The maximum absolute atomic E-state index is 12.6. The minimum atomic E-state index is -0.926. The molecule has 1 atom stereocenters. The first-order chi connectivity index (χ1) is 16.3. The highest BCUT2D eigenvalue weighted by molar-refractivity contribution is 6.02. The number of benzene rings is 1. The molecule has 2 N–H and O–H groups in total. The van der Waals surface area contributed by atoms with Crippen molar-refractivity contribution in [2.75, 3.05) is 26.3 Å². The summed E-state index contributed by atoms with van der Waals surface area (Å²) in [4.78, 5) is 54.7. The van der Waals surface area contributed by atoms with Crippen LogP contribution in [0.25, 0.3) is 0 Å². The maximum atomic E-state index is 12.6. The molecule has 0 bridgehead atoms. The Balaban J connectivity index is 1.55. The summed E-state index contributed by atoms with van der Waals surface area (Å²) in [5.74, 6) is -1.33. The topological polar surface area (TPSA) is 118 Å². The number of carbonyl (C=O) groups is 4. The highest BCUT2D eigenvalue weighted by atomic mass is 16.5. The van der Waals surface area contributed by atoms with Crippen LogP contribution in [-0.4, -0.2) is 65.8 Å². The van der Waals surface area contributed by atoms with Gasteiger partial charge in [-0.05, 0) is 56.0 Å². The quantitative estimate of drug-likeness (QED) is 0.408. The summed E-state index contributed by atoms with van der Waals surface area (Å²) in [6, 6.07) is 7.13. The van der Waals surface area contributed by atoms with E-state index >= 15 is 0 Å². The zero-order valence-electron chi connectivity index (χ0n) is 19.8. The lowest BCUT2D eigenvalue weighted by molar-refractivity contribution is -0.145. The third-order valence-electron chi connectivity index (χ3n) is 5.61. The van der Waals surface area contributed by atoms with Gasteiger partial charge in [0.1, 0.15) is 17.5 Å². The molecule has 1 saturated heterocycles. The number of amides is 2. The summed E-state index contributed by atoms with van der Waals surface area (Å²) in [5.41, 5.74) is 0.967. The van der Waals surface area contributed by atoms with Crippen molar-refractivity contribution >= 4 is 23.6 Å². The van der Waals surface area contributed by atoms with Gasteiger partial charge in [0.05, 0.1) is 6.61 Å². The largest absolute Gasteiger partial charge is 0.494 e. The number of ether oxygens (including phenoxy) is 2. The zero-order chi connectivity index (χ0) is 24.7. The number of rotatable bonds is 10. The van der Waals surface area contributed by atoms with Gasteiger partial charge >= 0.3 is 5.97 Å². The summed E-state index contributed by atoms with van der Waals surface area (Å²) >= 11 is 0. The molecule has 182 valence electrons. The van der Waals surface area contributed by atoms with Crippen LogP contribution in [0.5, 0.6) is 5.75 Å². The highest BCUT2D eigenvalue weighted by Crippen LogP contribution is 2.15. The minimum absolute atomic E-state index is 0.148. The average molecular weight is 470 g/mol. The number of nitrogens with one attached hydrogen (secondary N) is 2. The molecule has 2 aromatic rings. The minimum Gasteiger partial charge on any atom is -0.494 e. The molecule has 0 aliphatic carbocycles. The van der Waals surface area contributed by atoms with Crippen LogP contribution in [-0.2, 0) is 9.53 Å². The first kappa shape index (κ1) is 25.0. The molecule has 0 radical (unpaired) electrons. The van der Waals surface area contributed by atoms with E-state index < -0.39 is 30.3 Å². The Morgan fingerprint density at radius 2 is 1.74 bits per heavy atom. The van der Waals surface area contributed by atoms with Crippen molar-refractivity contribution in [2.45, 2.75) is 39.7 Å². The molecule has 0 unspecified atom stereocenters. The molecule has 0 spiro atoms. The number of aromatic nitrogens is 1. The predicted octanol–water partition coefficient (Wildman–Crippen LogP) is 2.83. The van der Waals surface area contributed by atoms with Crippen LogP contribution in [0.4, 0.5) is 0 Å². The Labute approximate surface area is 198 Å². The van der Waals surface area contributed by atoms with Gasteiger partial charge in [-0.1, -0.05) is 13.8 Å². The molecule has 1 aliphatic heterocycles.